The van der Waals surface area contributed by atoms with Crippen LogP contribution in [0.5, 0.6) is 0 Å². The van der Waals surface area contributed by atoms with Crippen molar-refractivity contribution in [3.63, 3.8) is 0 Å². The van der Waals surface area contributed by atoms with Crippen LogP contribution in [0.25, 0.3) is 44.3 Å². The van der Waals surface area contributed by atoms with Gasteiger partial charge in [0, 0.05) is 21.9 Å². The third-order valence-corrected chi connectivity index (χ3v) is 12.7. The summed E-state index contributed by atoms with van der Waals surface area (Å²) in [6.45, 7) is 24.3. The summed E-state index contributed by atoms with van der Waals surface area (Å²) in [7, 11) is -1.52. The molecule has 0 bridgehead atoms. The topological polar surface area (TPSA) is 107 Å². The Labute approximate surface area is 360 Å². The standard InChI is InChI=1S/C20H21BN2O2.C14H9ClN2.C12H24B2O4/c1-19(2)20(3,4)25-21(24-19)18-22-16-13-9-8-12-15(16)17(23-18)14-10-6-5-7-11-14;15-14-16-12-9-5-4-8-11(12)13(17-14)10-6-2-1-3-7-10;1-9(2)10(3,4)16-13(15-9)14-17-11(5,6)12(7,8)18-14/h5-13H,1-4H3;1-9H;1-8H3. The second-order valence-corrected chi connectivity index (χ2v) is 18.7. The monoisotopic (exact) mass is 826 g/mol. The lowest BCUT2D eigenvalue weighted by Crippen LogP contribution is -2.41. The molecule has 3 aliphatic heterocycles. The van der Waals surface area contributed by atoms with Crippen molar-refractivity contribution in [1.82, 2.24) is 19.9 Å². The molecular formula is C46H54B3ClN4O6. The number of hydrogen-bond donors (Lipinski definition) is 0. The Bertz CT molecular complexity index is 2390. The zero-order chi connectivity index (χ0) is 43.3. The highest BCUT2D eigenvalue weighted by molar-refractivity contribution is 7.11. The second-order valence-electron chi connectivity index (χ2n) is 18.4. The molecule has 14 heteroatoms. The SMILES string of the molecule is CC1(C)OB(B2OC(C)(C)C(C)(C)O2)OC1(C)C.CC1(C)OB(c2nc(-c3ccccc3)c3ccccc3n2)OC1(C)C.Clc1nc(-c2ccccc2)c2ccccc2n1. The first-order valence-corrected chi connectivity index (χ1v) is 20.8. The van der Waals surface area contributed by atoms with Crippen LogP contribution in [0.2, 0.25) is 5.28 Å². The van der Waals surface area contributed by atoms with Crippen LogP contribution in [0.3, 0.4) is 0 Å². The van der Waals surface area contributed by atoms with E-state index in [1.54, 1.807) is 0 Å². The fraction of sp³-hybridized carbons (Fsp3) is 0.391. The van der Waals surface area contributed by atoms with Crippen LogP contribution in [0, 0.1) is 0 Å². The Kier molecular flexibility index (Phi) is 11.9. The summed E-state index contributed by atoms with van der Waals surface area (Å²) in [6.07, 6.45) is 0. The van der Waals surface area contributed by atoms with Crippen molar-refractivity contribution in [2.24, 2.45) is 0 Å². The van der Waals surface area contributed by atoms with E-state index >= 15 is 0 Å². The second kappa shape index (κ2) is 16.3. The smallest absolute Gasteiger partial charge is 0.405 e. The van der Waals surface area contributed by atoms with E-state index in [9.17, 15) is 0 Å². The molecule has 0 amide bonds. The highest BCUT2D eigenvalue weighted by atomic mass is 35.5. The molecule has 0 aliphatic carbocycles. The number of aromatic nitrogens is 4. The van der Waals surface area contributed by atoms with Gasteiger partial charge in [-0.25, -0.2) is 19.9 Å². The number of halogens is 1. The number of nitrogens with zero attached hydrogens (tertiary/aromatic N) is 4. The van der Waals surface area contributed by atoms with E-state index in [0.29, 0.717) is 5.72 Å². The van der Waals surface area contributed by atoms with Gasteiger partial charge in [0.1, 0.15) is 0 Å². The summed E-state index contributed by atoms with van der Waals surface area (Å²) in [6, 6.07) is 36.0. The third-order valence-electron chi connectivity index (χ3n) is 12.5. The fourth-order valence-electron chi connectivity index (χ4n) is 6.83. The van der Waals surface area contributed by atoms with E-state index in [0.717, 1.165) is 44.3 Å². The highest BCUT2D eigenvalue weighted by Gasteiger charge is 2.63. The number of para-hydroxylation sites is 2. The zero-order valence-corrected chi connectivity index (χ0v) is 37.5. The maximum atomic E-state index is 6.14. The minimum atomic E-state index is -0.572. The normalized spacial score (nSPS) is 20.4. The van der Waals surface area contributed by atoms with Crippen molar-refractivity contribution in [2.75, 3.05) is 0 Å². The van der Waals surface area contributed by atoms with Crippen molar-refractivity contribution in [3.8, 4) is 22.5 Å². The van der Waals surface area contributed by atoms with Gasteiger partial charge in [0.05, 0.1) is 56.0 Å². The molecule has 60 heavy (non-hydrogen) atoms. The van der Waals surface area contributed by atoms with Gasteiger partial charge in [0.25, 0.3) is 0 Å². The third kappa shape index (κ3) is 8.77. The molecule has 4 aromatic carbocycles. The van der Waals surface area contributed by atoms with Crippen LogP contribution in [-0.2, 0) is 27.9 Å². The van der Waals surface area contributed by atoms with Crippen molar-refractivity contribution in [1.29, 1.82) is 0 Å². The van der Waals surface area contributed by atoms with E-state index < -0.39 is 32.3 Å². The van der Waals surface area contributed by atoms with Crippen LogP contribution in [-0.4, -0.2) is 74.7 Å². The van der Waals surface area contributed by atoms with Crippen LogP contribution in [0.15, 0.2) is 109 Å². The Balaban J connectivity index is 0.000000140. The molecule has 0 unspecified atom stereocenters. The zero-order valence-electron chi connectivity index (χ0n) is 36.7. The summed E-state index contributed by atoms with van der Waals surface area (Å²) >= 11 is 5.95. The largest absolute Gasteiger partial charge is 0.534 e. The van der Waals surface area contributed by atoms with Gasteiger partial charge >= 0.3 is 21.1 Å². The fourth-order valence-corrected chi connectivity index (χ4v) is 7.00. The van der Waals surface area contributed by atoms with Crippen molar-refractivity contribution >= 4 is 60.3 Å². The van der Waals surface area contributed by atoms with Crippen LogP contribution < -0.4 is 5.72 Å². The predicted molar refractivity (Wildman–Crippen MR) is 243 cm³/mol. The molecule has 2 aromatic heterocycles. The average Bonchev–Trinajstić information content (AvgIpc) is 3.67. The average molecular weight is 827 g/mol. The minimum absolute atomic E-state index is 0.280. The molecule has 0 saturated carbocycles. The Morgan fingerprint density at radius 2 is 0.717 bits per heavy atom. The lowest BCUT2D eigenvalue weighted by molar-refractivity contribution is 0.00578. The molecule has 3 fully saturated rings. The summed E-state index contributed by atoms with van der Waals surface area (Å²) in [5.74, 6) is 0. The highest BCUT2D eigenvalue weighted by Crippen LogP contribution is 2.43. The van der Waals surface area contributed by atoms with Crippen LogP contribution in [0.4, 0.5) is 0 Å². The van der Waals surface area contributed by atoms with Gasteiger partial charge in [-0.15, -0.1) is 0 Å². The first kappa shape index (κ1) is 43.9. The van der Waals surface area contributed by atoms with Gasteiger partial charge in [-0.1, -0.05) is 97.1 Å². The summed E-state index contributed by atoms with van der Waals surface area (Å²) < 4.78 is 36.1. The molecule has 3 aliphatic rings. The van der Waals surface area contributed by atoms with Gasteiger partial charge < -0.3 is 27.9 Å². The number of hydrogen-bond acceptors (Lipinski definition) is 10. The number of rotatable bonds is 4. The van der Waals surface area contributed by atoms with E-state index in [1.807, 2.05) is 180 Å². The quantitative estimate of drug-likeness (QED) is 0.126. The number of benzene rings is 4. The van der Waals surface area contributed by atoms with Crippen molar-refractivity contribution in [2.45, 2.75) is 117 Å². The molecule has 3 saturated heterocycles. The lowest BCUT2D eigenvalue weighted by Gasteiger charge is -2.32. The predicted octanol–water partition coefficient (Wildman–Crippen LogP) is 9.80. The molecule has 0 N–H and O–H groups in total. The first-order valence-electron chi connectivity index (χ1n) is 20.5. The van der Waals surface area contributed by atoms with Crippen molar-refractivity contribution < 1.29 is 27.9 Å². The summed E-state index contributed by atoms with van der Waals surface area (Å²) in [4.78, 5) is 18.1. The van der Waals surface area contributed by atoms with E-state index in [4.69, 9.17) is 49.5 Å². The van der Waals surface area contributed by atoms with Gasteiger partial charge in [-0.3, -0.25) is 0 Å². The van der Waals surface area contributed by atoms with E-state index in [1.165, 1.54) is 0 Å². The maximum absolute atomic E-state index is 6.14. The molecular weight excluding hydrogens is 772 g/mol. The minimum Gasteiger partial charge on any atom is -0.405 e. The molecule has 310 valence electrons. The Morgan fingerprint density at radius 1 is 0.383 bits per heavy atom. The molecule has 0 spiro atoms. The summed E-state index contributed by atoms with van der Waals surface area (Å²) in [5, 5.41) is 2.32. The molecule has 0 radical (unpaired) electrons. The summed E-state index contributed by atoms with van der Waals surface area (Å²) in [5.41, 5.74) is 3.93. The maximum Gasteiger partial charge on any atom is 0.534 e. The van der Waals surface area contributed by atoms with Gasteiger partial charge in [0.15, 0.2) is 5.72 Å². The molecule has 5 heterocycles. The van der Waals surface area contributed by atoms with Gasteiger partial charge in [0.2, 0.25) is 5.28 Å². The Morgan fingerprint density at radius 3 is 1.13 bits per heavy atom. The van der Waals surface area contributed by atoms with Gasteiger partial charge in [-0.05, 0) is 107 Å². The van der Waals surface area contributed by atoms with Gasteiger partial charge in [-0.2, -0.15) is 0 Å². The van der Waals surface area contributed by atoms with E-state index in [2.05, 4.69) is 22.1 Å². The van der Waals surface area contributed by atoms with E-state index in [-0.39, 0.29) is 27.7 Å². The van der Waals surface area contributed by atoms with Crippen molar-refractivity contribution in [3.05, 3.63) is 114 Å². The lowest BCUT2D eigenvalue weighted by atomic mass is 9.49. The first-order chi connectivity index (χ1) is 28.1. The molecule has 10 nitrogen and oxygen atoms in total. The van der Waals surface area contributed by atoms with Crippen LogP contribution in [0.1, 0.15) is 83.1 Å². The van der Waals surface area contributed by atoms with Crippen LogP contribution >= 0.6 is 11.6 Å². The molecule has 6 aromatic rings. The molecule has 0 atom stereocenters. The molecule has 9 rings (SSSR count). The Hall–Kier alpha value is -4.20. The number of fused-ring (bicyclic) bond motifs is 2.